The fourth-order valence-electron chi connectivity index (χ4n) is 5.11. The summed E-state index contributed by atoms with van der Waals surface area (Å²) in [5.74, 6) is 0.0628. The zero-order chi connectivity index (χ0) is 34.1. The molecule has 1 aliphatic rings. The number of nitrogens with zero attached hydrogens (tertiary/aromatic N) is 2. The van der Waals surface area contributed by atoms with E-state index in [4.69, 9.17) is 4.74 Å². The van der Waals surface area contributed by atoms with E-state index in [1.807, 2.05) is 83.3 Å². The summed E-state index contributed by atoms with van der Waals surface area (Å²) in [5.41, 5.74) is 6.73. The summed E-state index contributed by atoms with van der Waals surface area (Å²) in [5, 5.41) is 5.91. The lowest BCUT2D eigenvalue weighted by Crippen LogP contribution is -2.40. The summed E-state index contributed by atoms with van der Waals surface area (Å²) in [6.45, 7) is 19.0. The van der Waals surface area contributed by atoms with Crippen LogP contribution in [-0.4, -0.2) is 67.0 Å². The van der Waals surface area contributed by atoms with Crippen molar-refractivity contribution in [3.8, 4) is 0 Å². The average Bonchev–Trinajstić information content (AvgIpc) is 3.04. The number of unbranched alkanes of at least 4 members (excludes halogenated alkanes) is 1. The van der Waals surface area contributed by atoms with Gasteiger partial charge in [0.1, 0.15) is 6.10 Å². The molecule has 3 amide bonds. The fraction of sp³-hybridized carbons (Fsp3) is 0.500. The topological polar surface area (TPSA) is 91.0 Å². The SMILES string of the molecule is C=C(C)/C(=C\C(C)=C(/C)CC)NC(=O)CCCCN(C)C(=O)CCN1CCC(OC(=O)Nc2ccccc2/C(C)=C/C=C\C)CC1. The number of likely N-dealkylation sites (tertiary alicyclic amines) is 1. The number of hydrogen-bond donors (Lipinski definition) is 2. The smallest absolute Gasteiger partial charge is 0.411 e. The van der Waals surface area contributed by atoms with Crippen molar-refractivity contribution < 1.29 is 19.1 Å². The molecule has 1 saturated heterocycles. The first kappa shape index (κ1) is 38.3. The zero-order valence-corrected chi connectivity index (χ0v) is 29.2. The van der Waals surface area contributed by atoms with Crippen molar-refractivity contribution in [1.82, 2.24) is 15.1 Å². The van der Waals surface area contributed by atoms with Crippen LogP contribution in [0.15, 0.2) is 77.6 Å². The summed E-state index contributed by atoms with van der Waals surface area (Å²) < 4.78 is 5.74. The van der Waals surface area contributed by atoms with Gasteiger partial charge in [0.25, 0.3) is 0 Å². The first-order valence-corrected chi connectivity index (χ1v) is 16.6. The molecular formula is C38H56N4O4. The van der Waals surface area contributed by atoms with Crippen LogP contribution in [0.4, 0.5) is 10.5 Å². The number of carbonyl (C=O) groups excluding carboxylic acids is 3. The van der Waals surface area contributed by atoms with E-state index in [1.165, 1.54) is 5.57 Å². The van der Waals surface area contributed by atoms with Crippen LogP contribution in [0.1, 0.15) is 92.1 Å². The van der Waals surface area contributed by atoms with Gasteiger partial charge in [-0.2, -0.15) is 0 Å². The fourth-order valence-corrected chi connectivity index (χ4v) is 5.11. The predicted octanol–water partition coefficient (Wildman–Crippen LogP) is 8.02. The average molecular weight is 633 g/mol. The Bertz CT molecular complexity index is 1320. The Morgan fingerprint density at radius 1 is 1.07 bits per heavy atom. The van der Waals surface area contributed by atoms with E-state index in [9.17, 15) is 14.4 Å². The highest BCUT2D eigenvalue weighted by Gasteiger charge is 2.23. The van der Waals surface area contributed by atoms with Gasteiger partial charge in [-0.1, -0.05) is 61.1 Å². The lowest BCUT2D eigenvalue weighted by atomic mass is 10.0. The molecule has 46 heavy (non-hydrogen) atoms. The Morgan fingerprint density at radius 3 is 2.41 bits per heavy atom. The summed E-state index contributed by atoms with van der Waals surface area (Å²) in [7, 11) is 1.82. The largest absolute Gasteiger partial charge is 0.446 e. The Labute approximate surface area is 277 Å². The molecule has 1 aromatic rings. The zero-order valence-electron chi connectivity index (χ0n) is 29.2. The van der Waals surface area contributed by atoms with Crippen molar-refractivity contribution in [1.29, 1.82) is 0 Å². The first-order valence-electron chi connectivity index (χ1n) is 16.6. The minimum absolute atomic E-state index is 0.0350. The minimum Gasteiger partial charge on any atom is -0.446 e. The third-order valence-corrected chi connectivity index (χ3v) is 8.45. The first-order chi connectivity index (χ1) is 21.9. The molecule has 2 N–H and O–H groups in total. The van der Waals surface area contributed by atoms with E-state index in [-0.39, 0.29) is 17.9 Å². The molecule has 1 fully saturated rings. The molecule has 0 aromatic heterocycles. The maximum Gasteiger partial charge on any atom is 0.411 e. The molecule has 1 aromatic carbocycles. The van der Waals surface area contributed by atoms with Crippen molar-refractivity contribution in [2.45, 2.75) is 92.6 Å². The van der Waals surface area contributed by atoms with Gasteiger partial charge >= 0.3 is 6.09 Å². The number of amides is 3. The Kier molecular flexibility index (Phi) is 16.9. The van der Waals surface area contributed by atoms with Crippen molar-refractivity contribution in [3.63, 3.8) is 0 Å². The standard InChI is InChI=1S/C38H56N4O4/c1-9-11-16-30(6)33-17-12-13-18-34(33)40-38(45)46-32-20-24-42(25-21-32)26-22-37(44)41(8)23-15-14-19-36(43)39-35(28(3)4)27-31(7)29(5)10-2/h9,11-13,16-18,27,32H,3,10,14-15,19-26H2,1-2,4-8H3,(H,39,43)(H,40,45)/b11-9-,30-16+,31-29+,35-27+. The molecule has 2 rings (SSSR count). The second-order valence-electron chi connectivity index (χ2n) is 12.2. The van der Waals surface area contributed by atoms with Gasteiger partial charge in [0.2, 0.25) is 11.8 Å². The van der Waals surface area contributed by atoms with Gasteiger partial charge < -0.3 is 19.9 Å². The van der Waals surface area contributed by atoms with E-state index in [0.717, 1.165) is 72.4 Å². The molecule has 8 heteroatoms. The van der Waals surface area contributed by atoms with Gasteiger partial charge in [-0.15, -0.1) is 0 Å². The van der Waals surface area contributed by atoms with Crippen LogP contribution in [0, 0.1) is 0 Å². The molecule has 8 nitrogen and oxygen atoms in total. The van der Waals surface area contributed by atoms with Gasteiger partial charge in [0.15, 0.2) is 0 Å². The van der Waals surface area contributed by atoms with Crippen LogP contribution in [0.3, 0.4) is 0 Å². The highest BCUT2D eigenvalue weighted by atomic mass is 16.6. The third kappa shape index (κ3) is 13.6. The number of ether oxygens (including phenoxy) is 1. The molecular weight excluding hydrogens is 576 g/mol. The van der Waals surface area contributed by atoms with Crippen molar-refractivity contribution in [3.05, 3.63) is 83.1 Å². The summed E-state index contributed by atoms with van der Waals surface area (Å²) in [6.07, 6.45) is 12.1. The van der Waals surface area contributed by atoms with Gasteiger partial charge in [-0.25, -0.2) is 4.79 Å². The molecule has 252 valence electrons. The van der Waals surface area contributed by atoms with E-state index >= 15 is 0 Å². The van der Waals surface area contributed by atoms with Gasteiger partial charge in [-0.3, -0.25) is 14.9 Å². The number of anilines is 1. The molecule has 0 unspecified atom stereocenters. The number of piperidine rings is 1. The van der Waals surface area contributed by atoms with Gasteiger partial charge in [-0.05, 0) is 90.0 Å². The summed E-state index contributed by atoms with van der Waals surface area (Å²) in [4.78, 5) is 42.0. The lowest BCUT2D eigenvalue weighted by molar-refractivity contribution is -0.130. The highest BCUT2D eigenvalue weighted by Crippen LogP contribution is 2.24. The predicted molar refractivity (Wildman–Crippen MR) is 190 cm³/mol. The molecule has 0 radical (unpaired) electrons. The number of hydrogen-bond acceptors (Lipinski definition) is 5. The van der Waals surface area contributed by atoms with Crippen LogP contribution >= 0.6 is 0 Å². The van der Waals surface area contributed by atoms with Crippen LogP contribution in [0.25, 0.3) is 5.57 Å². The molecule has 0 aliphatic carbocycles. The quantitative estimate of drug-likeness (QED) is 0.142. The number of benzene rings is 1. The molecule has 0 atom stereocenters. The van der Waals surface area contributed by atoms with Crippen LogP contribution in [-0.2, 0) is 14.3 Å². The van der Waals surface area contributed by atoms with Gasteiger partial charge in [0, 0.05) is 57.3 Å². The summed E-state index contributed by atoms with van der Waals surface area (Å²) >= 11 is 0. The third-order valence-electron chi connectivity index (χ3n) is 8.45. The molecule has 0 spiro atoms. The van der Waals surface area contributed by atoms with E-state index in [1.54, 1.807) is 4.90 Å². The normalized spacial score (nSPS) is 15.4. The maximum absolute atomic E-state index is 12.7. The number of para-hydroxylation sites is 1. The Hall–Kier alpha value is -3.91. The van der Waals surface area contributed by atoms with Crippen LogP contribution in [0.5, 0.6) is 0 Å². The number of rotatable bonds is 16. The second-order valence-corrected chi connectivity index (χ2v) is 12.2. The maximum atomic E-state index is 12.7. The summed E-state index contributed by atoms with van der Waals surface area (Å²) in [6, 6.07) is 7.70. The van der Waals surface area contributed by atoms with Gasteiger partial charge in [0.05, 0.1) is 5.69 Å². The number of nitrogens with one attached hydrogen (secondary N) is 2. The number of allylic oxidation sites excluding steroid dienone is 8. The van der Waals surface area contributed by atoms with Crippen molar-refractivity contribution >= 4 is 29.2 Å². The second kappa shape index (κ2) is 20.3. The highest BCUT2D eigenvalue weighted by molar-refractivity contribution is 5.89. The van der Waals surface area contributed by atoms with E-state index < -0.39 is 6.09 Å². The Balaban J connectivity index is 1.68. The number of carbonyl (C=O) groups is 3. The molecule has 0 saturated carbocycles. The monoisotopic (exact) mass is 632 g/mol. The van der Waals surface area contributed by atoms with Crippen molar-refractivity contribution in [2.75, 3.05) is 38.5 Å². The van der Waals surface area contributed by atoms with E-state index in [2.05, 4.69) is 36.0 Å². The van der Waals surface area contributed by atoms with Crippen LogP contribution in [0.2, 0.25) is 0 Å². The van der Waals surface area contributed by atoms with E-state index in [0.29, 0.717) is 32.4 Å². The Morgan fingerprint density at radius 2 is 1.76 bits per heavy atom. The lowest BCUT2D eigenvalue weighted by Gasteiger charge is -2.31. The molecule has 0 bridgehead atoms. The molecule has 1 aliphatic heterocycles. The van der Waals surface area contributed by atoms with Crippen molar-refractivity contribution in [2.24, 2.45) is 0 Å². The minimum atomic E-state index is -0.443. The van der Waals surface area contributed by atoms with Crippen LogP contribution < -0.4 is 10.6 Å². The molecule has 1 heterocycles.